The minimum atomic E-state index is -3.10. The molecule has 9 nitrogen and oxygen atoms in total. The van der Waals surface area contributed by atoms with Crippen LogP contribution in [0.3, 0.4) is 0 Å². The first kappa shape index (κ1) is 33.4. The number of methoxy groups -OCH3 is 1. The molecule has 1 saturated heterocycles. The number of Topliss-reactive ketones (excluding diaryl/α,β-unsaturated/α-hetero) is 1. The van der Waals surface area contributed by atoms with Gasteiger partial charge in [-0.25, -0.2) is 4.98 Å². The van der Waals surface area contributed by atoms with E-state index < -0.39 is 12.0 Å². The summed E-state index contributed by atoms with van der Waals surface area (Å²) >= 11 is 0. The number of pyridine rings is 1. The third kappa shape index (κ3) is 7.31. The Morgan fingerprint density at radius 2 is 1.79 bits per heavy atom. The zero-order valence-electron chi connectivity index (χ0n) is 27.3. The monoisotopic (exact) mass is 661 g/mol. The number of benzene rings is 2. The first-order chi connectivity index (χ1) is 23.3. The van der Waals surface area contributed by atoms with Gasteiger partial charge in [0.25, 0.3) is 0 Å². The van der Waals surface area contributed by atoms with Gasteiger partial charge in [0.15, 0.2) is 5.78 Å². The molecule has 48 heavy (non-hydrogen) atoms. The summed E-state index contributed by atoms with van der Waals surface area (Å²) in [4.78, 5) is 32.9. The number of rotatable bonds is 15. The standard InChI is InChI=1S/C37H41F2N3O6/c1-3-46-35(44)37(27-8-5-4-6-9-27)13-17-41(18-14-37)15-7-19-47-28-12-16-42-29(24-40-33(42)23-28)26-21-31(45-2)34(30(43)20-25-10-11-25)32(22-26)48-36(38)39/h4-6,8-9,12,16,21-25,36H,3,7,10-11,13-15,17-20H2,1-2H3. The van der Waals surface area contributed by atoms with Crippen molar-refractivity contribution in [1.82, 2.24) is 14.3 Å². The van der Waals surface area contributed by atoms with Crippen LogP contribution in [0.4, 0.5) is 8.78 Å². The average molecular weight is 662 g/mol. The molecule has 2 aliphatic rings. The third-order valence-corrected chi connectivity index (χ3v) is 9.32. The Bertz CT molecular complexity index is 1730. The first-order valence-corrected chi connectivity index (χ1v) is 16.6. The topological polar surface area (TPSA) is 91.6 Å². The van der Waals surface area contributed by atoms with E-state index >= 15 is 0 Å². The lowest BCUT2D eigenvalue weighted by molar-refractivity contribution is -0.152. The number of fused-ring (bicyclic) bond motifs is 1. The van der Waals surface area contributed by atoms with Crippen molar-refractivity contribution in [2.24, 2.45) is 5.92 Å². The molecule has 0 unspecified atom stereocenters. The van der Waals surface area contributed by atoms with Crippen LogP contribution >= 0.6 is 0 Å². The van der Waals surface area contributed by atoms with Gasteiger partial charge in [0.05, 0.1) is 37.6 Å². The van der Waals surface area contributed by atoms with E-state index in [1.54, 1.807) is 12.3 Å². The molecule has 0 amide bonds. The SMILES string of the molecule is CCOC(=O)C1(c2ccccc2)CCN(CCCOc2ccn3c(-c4cc(OC)c(C(=O)CC5CC5)c(OC(F)F)c4)cnc3c2)CC1. The third-order valence-electron chi connectivity index (χ3n) is 9.32. The molecule has 0 radical (unpaired) electrons. The lowest BCUT2D eigenvalue weighted by atomic mass is 9.72. The fourth-order valence-electron chi connectivity index (χ4n) is 6.59. The molecule has 2 fully saturated rings. The number of ketones is 1. The summed E-state index contributed by atoms with van der Waals surface area (Å²) in [5, 5.41) is 0. The zero-order chi connectivity index (χ0) is 33.7. The summed E-state index contributed by atoms with van der Waals surface area (Å²) in [5.74, 6) is 0.495. The summed E-state index contributed by atoms with van der Waals surface area (Å²) in [5.41, 5.74) is 2.19. The molecular weight excluding hydrogens is 620 g/mol. The zero-order valence-corrected chi connectivity index (χ0v) is 27.3. The number of imidazole rings is 1. The highest BCUT2D eigenvalue weighted by atomic mass is 19.3. The van der Waals surface area contributed by atoms with E-state index in [0.29, 0.717) is 48.7 Å². The Morgan fingerprint density at radius 3 is 2.48 bits per heavy atom. The van der Waals surface area contributed by atoms with E-state index in [4.69, 9.17) is 18.9 Å². The molecule has 0 N–H and O–H groups in total. The predicted molar refractivity (Wildman–Crippen MR) is 176 cm³/mol. The number of aromatic nitrogens is 2. The second-order valence-electron chi connectivity index (χ2n) is 12.4. The minimum Gasteiger partial charge on any atom is -0.496 e. The fraction of sp³-hybridized carbons (Fsp3) is 0.432. The lowest BCUT2D eigenvalue weighted by Gasteiger charge is -2.40. The van der Waals surface area contributed by atoms with Crippen LogP contribution in [0.2, 0.25) is 0 Å². The molecule has 11 heteroatoms. The van der Waals surface area contributed by atoms with Gasteiger partial charge in [0, 0.05) is 30.8 Å². The fourth-order valence-corrected chi connectivity index (χ4v) is 6.59. The molecule has 0 spiro atoms. The molecule has 3 heterocycles. The van der Waals surface area contributed by atoms with Crippen LogP contribution in [0.15, 0.2) is 67.0 Å². The molecule has 2 aromatic heterocycles. The van der Waals surface area contributed by atoms with Crippen molar-refractivity contribution >= 4 is 17.4 Å². The quantitative estimate of drug-likeness (QED) is 0.0768. The molecule has 6 rings (SSSR count). The highest BCUT2D eigenvalue weighted by Gasteiger charge is 2.44. The average Bonchev–Trinajstić information content (AvgIpc) is 3.81. The summed E-state index contributed by atoms with van der Waals surface area (Å²) in [6, 6.07) is 16.7. The normalized spacial score (nSPS) is 16.2. The molecule has 0 bridgehead atoms. The molecule has 254 valence electrons. The molecule has 2 aromatic carbocycles. The summed E-state index contributed by atoms with van der Waals surface area (Å²) in [6.07, 6.45) is 7.84. The van der Waals surface area contributed by atoms with Crippen molar-refractivity contribution < 1.29 is 37.3 Å². The van der Waals surface area contributed by atoms with E-state index in [0.717, 1.165) is 44.5 Å². The van der Waals surface area contributed by atoms with E-state index in [2.05, 4.69) is 9.88 Å². The van der Waals surface area contributed by atoms with Gasteiger partial charge in [0.2, 0.25) is 0 Å². The number of hydrogen-bond donors (Lipinski definition) is 0. The van der Waals surface area contributed by atoms with Gasteiger partial charge < -0.3 is 23.8 Å². The Kier molecular flexibility index (Phi) is 10.2. The largest absolute Gasteiger partial charge is 0.496 e. The van der Waals surface area contributed by atoms with Gasteiger partial charge in [-0.05, 0) is 81.8 Å². The van der Waals surface area contributed by atoms with Gasteiger partial charge in [-0.1, -0.05) is 30.3 Å². The molecule has 4 aromatic rings. The summed E-state index contributed by atoms with van der Waals surface area (Å²) in [7, 11) is 1.41. The van der Waals surface area contributed by atoms with Crippen LogP contribution in [0.25, 0.3) is 16.9 Å². The van der Waals surface area contributed by atoms with Gasteiger partial charge in [0.1, 0.15) is 28.5 Å². The van der Waals surface area contributed by atoms with Gasteiger partial charge in [-0.3, -0.25) is 14.0 Å². The lowest BCUT2D eigenvalue weighted by Crippen LogP contribution is -2.48. The van der Waals surface area contributed by atoms with Crippen LogP contribution in [-0.2, 0) is 14.9 Å². The Labute approximate surface area is 278 Å². The number of halogens is 2. The molecular formula is C37H41F2N3O6. The first-order valence-electron chi connectivity index (χ1n) is 16.6. The van der Waals surface area contributed by atoms with Crippen molar-refractivity contribution in [3.05, 3.63) is 78.1 Å². The second kappa shape index (κ2) is 14.7. The van der Waals surface area contributed by atoms with Crippen molar-refractivity contribution in [2.45, 2.75) is 57.5 Å². The predicted octanol–water partition coefficient (Wildman–Crippen LogP) is 6.96. The van der Waals surface area contributed by atoms with Crippen LogP contribution in [0.1, 0.15) is 61.4 Å². The van der Waals surface area contributed by atoms with Gasteiger partial charge in [-0.2, -0.15) is 8.78 Å². The summed E-state index contributed by atoms with van der Waals surface area (Å²) < 4.78 is 50.5. The molecule has 1 saturated carbocycles. The number of ether oxygens (including phenoxy) is 4. The number of piperidine rings is 1. The van der Waals surface area contributed by atoms with E-state index in [-0.39, 0.29) is 41.2 Å². The molecule has 0 atom stereocenters. The highest BCUT2D eigenvalue weighted by Crippen LogP contribution is 2.41. The van der Waals surface area contributed by atoms with Crippen molar-refractivity contribution in [1.29, 1.82) is 0 Å². The smallest absolute Gasteiger partial charge is 0.387 e. The van der Waals surface area contributed by atoms with Crippen molar-refractivity contribution in [3.63, 3.8) is 0 Å². The minimum absolute atomic E-state index is 0.0389. The number of alkyl halides is 2. The summed E-state index contributed by atoms with van der Waals surface area (Å²) in [6.45, 7) is 2.04. The van der Waals surface area contributed by atoms with Crippen LogP contribution in [0, 0.1) is 5.92 Å². The second-order valence-corrected chi connectivity index (χ2v) is 12.4. The molecule has 1 aliphatic heterocycles. The van der Waals surface area contributed by atoms with Crippen molar-refractivity contribution in [2.75, 3.05) is 40.0 Å². The number of carbonyl (C=O) groups is 2. The Balaban J connectivity index is 1.08. The number of carbonyl (C=O) groups excluding carboxylic acids is 2. The van der Waals surface area contributed by atoms with Gasteiger partial charge in [-0.15, -0.1) is 0 Å². The van der Waals surface area contributed by atoms with Crippen molar-refractivity contribution in [3.8, 4) is 28.5 Å². The van der Waals surface area contributed by atoms with Gasteiger partial charge >= 0.3 is 12.6 Å². The maximum absolute atomic E-state index is 13.4. The van der Waals surface area contributed by atoms with Crippen LogP contribution in [-0.4, -0.2) is 72.6 Å². The Morgan fingerprint density at radius 1 is 1.04 bits per heavy atom. The number of esters is 1. The Hall–Kier alpha value is -4.51. The van der Waals surface area contributed by atoms with E-state index in [9.17, 15) is 18.4 Å². The number of nitrogens with zero attached hydrogens (tertiary/aromatic N) is 3. The number of likely N-dealkylation sites (tertiary alicyclic amines) is 1. The maximum atomic E-state index is 13.4. The molecule has 1 aliphatic carbocycles. The number of hydrogen-bond acceptors (Lipinski definition) is 8. The van der Waals surface area contributed by atoms with E-state index in [1.165, 1.54) is 13.2 Å². The maximum Gasteiger partial charge on any atom is 0.387 e. The van der Waals surface area contributed by atoms with Crippen LogP contribution in [0.5, 0.6) is 17.2 Å². The van der Waals surface area contributed by atoms with Crippen LogP contribution < -0.4 is 14.2 Å². The highest BCUT2D eigenvalue weighted by molar-refractivity contribution is 6.02. The van der Waals surface area contributed by atoms with E-state index in [1.807, 2.05) is 60.0 Å².